The van der Waals surface area contributed by atoms with E-state index in [-0.39, 0.29) is 29.0 Å². The molecule has 0 atom stereocenters. The Morgan fingerprint density at radius 2 is 1.97 bits per heavy atom. The van der Waals surface area contributed by atoms with E-state index in [2.05, 4.69) is 15.0 Å². The minimum atomic E-state index is -0.325. The van der Waals surface area contributed by atoms with Crippen molar-refractivity contribution in [2.45, 2.75) is 59.5 Å². The Balaban J connectivity index is 1.60. The highest BCUT2D eigenvalue weighted by molar-refractivity contribution is 5.95. The van der Waals surface area contributed by atoms with E-state index in [1.165, 1.54) is 4.57 Å². The molecule has 0 bridgehead atoms. The van der Waals surface area contributed by atoms with Gasteiger partial charge in [0.1, 0.15) is 17.0 Å². The monoisotopic (exact) mass is 421 g/mol. The number of nitrogens with zero attached hydrogens (tertiary/aromatic N) is 5. The van der Waals surface area contributed by atoms with Crippen LogP contribution in [-0.2, 0) is 24.9 Å². The molecule has 3 aromatic rings. The summed E-state index contributed by atoms with van der Waals surface area (Å²) in [5.41, 5.74) is 2.56. The molecule has 0 radical (unpaired) electrons. The number of carbonyl (C=O) groups is 1. The van der Waals surface area contributed by atoms with Crippen LogP contribution in [-0.4, -0.2) is 36.9 Å². The van der Waals surface area contributed by atoms with E-state index >= 15 is 0 Å². The van der Waals surface area contributed by atoms with Gasteiger partial charge in [-0.3, -0.25) is 19.6 Å². The van der Waals surface area contributed by atoms with Crippen LogP contribution < -0.4 is 5.56 Å². The van der Waals surface area contributed by atoms with Gasteiger partial charge < -0.3 is 13.9 Å². The Morgan fingerprint density at radius 3 is 2.65 bits per heavy atom. The highest BCUT2D eigenvalue weighted by Crippen LogP contribution is 2.27. The number of aryl methyl sites for hydroxylation is 2. The van der Waals surface area contributed by atoms with Gasteiger partial charge >= 0.3 is 0 Å². The molecule has 0 saturated heterocycles. The van der Waals surface area contributed by atoms with Crippen molar-refractivity contribution in [1.82, 2.24) is 24.4 Å². The molecule has 31 heavy (non-hydrogen) atoms. The fourth-order valence-electron chi connectivity index (χ4n) is 3.58. The predicted octanol–water partition coefficient (Wildman–Crippen LogP) is 2.79. The lowest BCUT2D eigenvalue weighted by atomic mass is 9.97. The van der Waals surface area contributed by atoms with Gasteiger partial charge in [-0.05, 0) is 25.5 Å². The SMILES string of the molecule is Cc1cnc(Cn2ccc(C)c(C(=O)N3CCc4oc(C(C)(C)C)nc4C3)c2=O)cn1. The van der Waals surface area contributed by atoms with E-state index in [4.69, 9.17) is 4.42 Å². The molecule has 1 aliphatic heterocycles. The molecule has 1 aliphatic rings. The topological polar surface area (TPSA) is 94.1 Å². The van der Waals surface area contributed by atoms with Crippen molar-refractivity contribution in [2.75, 3.05) is 6.54 Å². The Kier molecular flexibility index (Phi) is 5.24. The highest BCUT2D eigenvalue weighted by atomic mass is 16.4. The third-order valence-corrected chi connectivity index (χ3v) is 5.41. The molecule has 8 nitrogen and oxygen atoms in total. The first-order chi connectivity index (χ1) is 14.6. The van der Waals surface area contributed by atoms with E-state index in [1.54, 1.807) is 36.5 Å². The van der Waals surface area contributed by atoms with Gasteiger partial charge in [-0.1, -0.05) is 20.8 Å². The second kappa shape index (κ2) is 7.76. The van der Waals surface area contributed by atoms with Gasteiger partial charge in [-0.25, -0.2) is 4.98 Å². The van der Waals surface area contributed by atoms with Gasteiger partial charge in [0.15, 0.2) is 5.89 Å². The van der Waals surface area contributed by atoms with Crippen molar-refractivity contribution in [3.8, 4) is 0 Å². The number of rotatable bonds is 3. The van der Waals surface area contributed by atoms with E-state index in [9.17, 15) is 9.59 Å². The van der Waals surface area contributed by atoms with Crippen LogP contribution in [0.5, 0.6) is 0 Å². The van der Waals surface area contributed by atoms with Crippen molar-refractivity contribution >= 4 is 5.91 Å². The van der Waals surface area contributed by atoms with Crippen LogP contribution in [0.4, 0.5) is 0 Å². The lowest BCUT2D eigenvalue weighted by molar-refractivity contribution is 0.0724. The van der Waals surface area contributed by atoms with Gasteiger partial charge in [0.05, 0.1) is 30.7 Å². The summed E-state index contributed by atoms with van der Waals surface area (Å²) in [5, 5.41) is 0. The van der Waals surface area contributed by atoms with Crippen LogP contribution in [0.25, 0.3) is 0 Å². The maximum absolute atomic E-state index is 13.3. The van der Waals surface area contributed by atoms with Crippen LogP contribution in [0.3, 0.4) is 0 Å². The Bertz CT molecular complexity index is 1190. The zero-order valence-corrected chi connectivity index (χ0v) is 18.6. The Labute approximate surface area is 181 Å². The first kappa shape index (κ1) is 21.0. The van der Waals surface area contributed by atoms with Crippen LogP contribution in [0.2, 0.25) is 0 Å². The van der Waals surface area contributed by atoms with Crippen LogP contribution >= 0.6 is 0 Å². The second-order valence-corrected chi connectivity index (χ2v) is 9.07. The lowest BCUT2D eigenvalue weighted by Gasteiger charge is -2.26. The van der Waals surface area contributed by atoms with Crippen LogP contribution in [0, 0.1) is 13.8 Å². The normalized spacial score (nSPS) is 13.9. The number of aromatic nitrogens is 4. The smallest absolute Gasteiger partial charge is 0.264 e. The molecule has 3 aromatic heterocycles. The fourth-order valence-corrected chi connectivity index (χ4v) is 3.58. The molecule has 0 unspecified atom stereocenters. The molecule has 162 valence electrons. The molecule has 0 N–H and O–H groups in total. The summed E-state index contributed by atoms with van der Waals surface area (Å²) in [6, 6.07) is 1.79. The third-order valence-electron chi connectivity index (χ3n) is 5.41. The zero-order chi connectivity index (χ0) is 22.3. The average Bonchev–Trinajstić information content (AvgIpc) is 3.15. The van der Waals surface area contributed by atoms with Crippen LogP contribution in [0.1, 0.15) is 65.4 Å². The zero-order valence-electron chi connectivity index (χ0n) is 18.6. The minimum Gasteiger partial charge on any atom is -0.445 e. The maximum atomic E-state index is 13.3. The van der Waals surface area contributed by atoms with Gasteiger partial charge in [0.25, 0.3) is 11.5 Å². The standard InChI is InChI=1S/C23H27N5O3/c1-14-6-8-27(12-16-11-24-15(2)10-25-16)20(29)19(14)21(30)28-9-7-18-17(13-28)26-22(31-18)23(3,4)5/h6,8,10-11H,7,9,12-13H2,1-5H3. The summed E-state index contributed by atoms with van der Waals surface area (Å²) in [4.78, 5) is 41.3. The van der Waals surface area contributed by atoms with E-state index in [0.29, 0.717) is 36.7 Å². The van der Waals surface area contributed by atoms with Crippen molar-refractivity contribution in [2.24, 2.45) is 0 Å². The molecule has 0 aliphatic carbocycles. The average molecular weight is 422 g/mol. The molecule has 0 spiro atoms. The lowest BCUT2D eigenvalue weighted by Crippen LogP contribution is -2.40. The third kappa shape index (κ3) is 4.15. The Hall–Kier alpha value is -3.29. The van der Waals surface area contributed by atoms with Gasteiger partial charge in [0.2, 0.25) is 0 Å². The summed E-state index contributed by atoms with van der Waals surface area (Å²) in [7, 11) is 0. The highest BCUT2D eigenvalue weighted by Gasteiger charge is 2.31. The first-order valence-corrected chi connectivity index (χ1v) is 10.4. The van der Waals surface area contributed by atoms with Gasteiger partial charge in [-0.2, -0.15) is 0 Å². The molecule has 8 heteroatoms. The minimum absolute atomic E-state index is 0.186. The van der Waals surface area contributed by atoms with Crippen molar-refractivity contribution in [1.29, 1.82) is 0 Å². The predicted molar refractivity (Wildman–Crippen MR) is 115 cm³/mol. The summed E-state index contributed by atoms with van der Waals surface area (Å²) in [5.74, 6) is 1.22. The summed E-state index contributed by atoms with van der Waals surface area (Å²) < 4.78 is 7.42. The molecule has 0 aromatic carbocycles. The maximum Gasteiger partial charge on any atom is 0.264 e. The van der Waals surface area contributed by atoms with E-state index in [0.717, 1.165) is 17.1 Å². The molecular formula is C23H27N5O3. The van der Waals surface area contributed by atoms with Gasteiger partial charge in [0, 0.05) is 30.8 Å². The largest absolute Gasteiger partial charge is 0.445 e. The quantitative estimate of drug-likeness (QED) is 0.645. The number of hydrogen-bond donors (Lipinski definition) is 0. The number of pyridine rings is 1. The molecule has 1 amide bonds. The van der Waals surface area contributed by atoms with Gasteiger partial charge in [-0.15, -0.1) is 0 Å². The number of hydrogen-bond acceptors (Lipinski definition) is 6. The summed E-state index contributed by atoms with van der Waals surface area (Å²) in [6.45, 7) is 10.9. The fraction of sp³-hybridized carbons (Fsp3) is 0.435. The molecule has 0 fully saturated rings. The number of amides is 1. The van der Waals surface area contributed by atoms with Crippen molar-refractivity contribution in [3.63, 3.8) is 0 Å². The number of carbonyl (C=O) groups excluding carboxylic acids is 1. The molecular weight excluding hydrogens is 394 g/mol. The second-order valence-electron chi connectivity index (χ2n) is 9.07. The van der Waals surface area contributed by atoms with Crippen molar-refractivity contribution < 1.29 is 9.21 Å². The number of oxazole rings is 1. The van der Waals surface area contributed by atoms with E-state index in [1.807, 2.05) is 27.7 Å². The molecule has 4 rings (SSSR count). The number of fused-ring (bicyclic) bond motifs is 1. The van der Waals surface area contributed by atoms with Crippen LogP contribution in [0.15, 0.2) is 33.9 Å². The Morgan fingerprint density at radius 1 is 1.19 bits per heavy atom. The molecule has 4 heterocycles. The van der Waals surface area contributed by atoms with Crippen molar-refractivity contribution in [3.05, 3.63) is 74.9 Å². The summed E-state index contributed by atoms with van der Waals surface area (Å²) in [6.07, 6.45) is 5.59. The first-order valence-electron chi connectivity index (χ1n) is 10.4. The molecule has 0 saturated carbocycles. The van der Waals surface area contributed by atoms with E-state index < -0.39 is 0 Å². The summed E-state index contributed by atoms with van der Waals surface area (Å²) >= 11 is 0.